The third kappa shape index (κ3) is 2.90. The molecule has 0 bridgehead atoms. The van der Waals surface area contributed by atoms with E-state index in [-0.39, 0.29) is 11.3 Å². The van der Waals surface area contributed by atoms with E-state index in [1.54, 1.807) is 4.90 Å². The van der Waals surface area contributed by atoms with E-state index in [1.165, 1.54) is 5.56 Å². The minimum atomic E-state index is -0.183. The van der Waals surface area contributed by atoms with Crippen molar-refractivity contribution in [1.82, 2.24) is 0 Å². The van der Waals surface area contributed by atoms with E-state index in [2.05, 4.69) is 32.9 Å². The Labute approximate surface area is 155 Å². The maximum absolute atomic E-state index is 12.5. The van der Waals surface area contributed by atoms with Gasteiger partial charge in [0, 0.05) is 55.5 Å². The fraction of sp³-hybridized carbons (Fsp3) is 0.364. The van der Waals surface area contributed by atoms with Crippen molar-refractivity contribution in [2.75, 3.05) is 30.9 Å². The van der Waals surface area contributed by atoms with Crippen molar-refractivity contribution < 1.29 is 9.59 Å². The molecule has 0 fully saturated rings. The molecular weight excluding hydrogens is 324 g/mol. The van der Waals surface area contributed by atoms with Crippen molar-refractivity contribution in [3.63, 3.8) is 0 Å². The lowest BCUT2D eigenvalue weighted by atomic mass is 9.76. The first kappa shape index (κ1) is 18.2. The zero-order valence-corrected chi connectivity index (χ0v) is 16.4. The predicted molar refractivity (Wildman–Crippen MR) is 107 cm³/mol. The Balaban J connectivity index is 2.29. The first-order valence-electron chi connectivity index (χ1n) is 8.84. The SMILES string of the molecule is Cc1cc2c(cc1-c1cc(C=O)ccc1N(C)C)N(C)C(=O)CC2(C)C. The normalized spacial score (nSPS) is 15.6. The average molecular weight is 350 g/mol. The minimum Gasteiger partial charge on any atom is -0.377 e. The van der Waals surface area contributed by atoms with Gasteiger partial charge in [-0.15, -0.1) is 0 Å². The summed E-state index contributed by atoms with van der Waals surface area (Å²) in [6.07, 6.45) is 1.38. The van der Waals surface area contributed by atoms with Crippen molar-refractivity contribution in [1.29, 1.82) is 0 Å². The number of nitrogens with zero attached hydrogens (tertiary/aromatic N) is 2. The number of amides is 1. The summed E-state index contributed by atoms with van der Waals surface area (Å²) in [4.78, 5) is 27.6. The van der Waals surface area contributed by atoms with Gasteiger partial charge in [0.2, 0.25) is 5.91 Å². The molecule has 0 saturated heterocycles. The van der Waals surface area contributed by atoms with Gasteiger partial charge in [0.05, 0.1) is 0 Å². The third-order valence-electron chi connectivity index (χ3n) is 5.33. The van der Waals surface area contributed by atoms with Crippen molar-refractivity contribution in [2.24, 2.45) is 0 Å². The Hall–Kier alpha value is -2.62. The number of hydrogen-bond acceptors (Lipinski definition) is 3. The molecule has 0 N–H and O–H groups in total. The van der Waals surface area contributed by atoms with E-state index in [0.29, 0.717) is 12.0 Å². The minimum absolute atomic E-state index is 0.131. The first-order valence-corrected chi connectivity index (χ1v) is 8.84. The summed E-state index contributed by atoms with van der Waals surface area (Å²) < 4.78 is 0. The van der Waals surface area contributed by atoms with Gasteiger partial charge in [-0.3, -0.25) is 9.59 Å². The summed E-state index contributed by atoms with van der Waals surface area (Å²) in [5.41, 5.74) is 6.85. The fourth-order valence-electron chi connectivity index (χ4n) is 3.77. The number of anilines is 2. The number of hydrogen-bond donors (Lipinski definition) is 0. The van der Waals surface area contributed by atoms with Crippen LogP contribution in [-0.4, -0.2) is 33.3 Å². The molecule has 0 radical (unpaired) electrons. The quantitative estimate of drug-likeness (QED) is 0.780. The summed E-state index contributed by atoms with van der Waals surface area (Å²) in [6.45, 7) is 6.33. The molecule has 1 aliphatic rings. The van der Waals surface area contributed by atoms with Crippen molar-refractivity contribution in [3.05, 3.63) is 47.0 Å². The molecular formula is C22H26N2O2. The Morgan fingerprint density at radius 2 is 1.81 bits per heavy atom. The summed E-state index contributed by atoms with van der Waals surface area (Å²) in [5.74, 6) is 0.131. The Morgan fingerprint density at radius 3 is 2.42 bits per heavy atom. The van der Waals surface area contributed by atoms with E-state index in [1.807, 2.05) is 44.2 Å². The van der Waals surface area contributed by atoms with Crippen molar-refractivity contribution in [3.8, 4) is 11.1 Å². The number of carbonyl (C=O) groups excluding carboxylic acids is 2. The zero-order chi connectivity index (χ0) is 19.2. The molecule has 4 nitrogen and oxygen atoms in total. The maximum atomic E-state index is 12.5. The van der Waals surface area contributed by atoms with Crippen LogP contribution in [0.25, 0.3) is 11.1 Å². The molecule has 0 aliphatic carbocycles. The number of aryl methyl sites for hydroxylation is 1. The number of rotatable bonds is 3. The molecule has 1 aliphatic heterocycles. The molecule has 1 amide bonds. The summed E-state index contributed by atoms with van der Waals surface area (Å²) in [7, 11) is 5.82. The molecule has 0 unspecified atom stereocenters. The lowest BCUT2D eigenvalue weighted by Gasteiger charge is -2.37. The molecule has 0 spiro atoms. The smallest absolute Gasteiger partial charge is 0.227 e. The molecule has 0 aromatic heterocycles. The van der Waals surface area contributed by atoms with Gasteiger partial charge in [-0.1, -0.05) is 19.9 Å². The van der Waals surface area contributed by atoms with Gasteiger partial charge in [-0.05, 0) is 47.9 Å². The van der Waals surface area contributed by atoms with E-state index in [9.17, 15) is 9.59 Å². The van der Waals surface area contributed by atoms with Gasteiger partial charge in [-0.2, -0.15) is 0 Å². The van der Waals surface area contributed by atoms with E-state index in [4.69, 9.17) is 0 Å². The first-order chi connectivity index (χ1) is 12.2. The highest BCUT2D eigenvalue weighted by atomic mass is 16.2. The average Bonchev–Trinajstić information content (AvgIpc) is 2.58. The van der Waals surface area contributed by atoms with Gasteiger partial charge >= 0.3 is 0 Å². The largest absolute Gasteiger partial charge is 0.377 e. The van der Waals surface area contributed by atoms with Crippen LogP contribution < -0.4 is 9.80 Å². The third-order valence-corrected chi connectivity index (χ3v) is 5.33. The predicted octanol–water partition coefficient (Wildman–Crippen LogP) is 4.18. The highest BCUT2D eigenvalue weighted by Gasteiger charge is 2.35. The number of fused-ring (bicyclic) bond motifs is 1. The van der Waals surface area contributed by atoms with Crippen LogP contribution in [0.15, 0.2) is 30.3 Å². The summed E-state index contributed by atoms with van der Waals surface area (Å²) in [6, 6.07) is 10.0. The molecule has 26 heavy (non-hydrogen) atoms. The highest BCUT2D eigenvalue weighted by Crippen LogP contribution is 2.44. The monoisotopic (exact) mass is 350 g/mol. The van der Waals surface area contributed by atoms with Crippen LogP contribution in [0.4, 0.5) is 11.4 Å². The van der Waals surface area contributed by atoms with Gasteiger partial charge < -0.3 is 9.80 Å². The molecule has 136 valence electrons. The molecule has 4 heteroatoms. The fourth-order valence-corrected chi connectivity index (χ4v) is 3.77. The zero-order valence-electron chi connectivity index (χ0n) is 16.4. The van der Waals surface area contributed by atoms with Crippen molar-refractivity contribution >= 4 is 23.6 Å². The van der Waals surface area contributed by atoms with Gasteiger partial charge in [0.15, 0.2) is 0 Å². The van der Waals surface area contributed by atoms with Gasteiger partial charge in [0.25, 0.3) is 0 Å². The second kappa shape index (κ2) is 6.27. The van der Waals surface area contributed by atoms with Crippen LogP contribution >= 0.6 is 0 Å². The topological polar surface area (TPSA) is 40.6 Å². The second-order valence-corrected chi connectivity index (χ2v) is 7.99. The Kier molecular flexibility index (Phi) is 4.39. The summed E-state index contributed by atoms with van der Waals surface area (Å²) in [5, 5.41) is 0. The van der Waals surface area contributed by atoms with Crippen LogP contribution in [0.3, 0.4) is 0 Å². The number of aldehydes is 1. The van der Waals surface area contributed by atoms with Gasteiger partial charge in [-0.25, -0.2) is 0 Å². The van der Waals surface area contributed by atoms with Crippen LogP contribution in [0, 0.1) is 6.92 Å². The van der Waals surface area contributed by atoms with Crippen LogP contribution in [0.1, 0.15) is 41.8 Å². The van der Waals surface area contributed by atoms with Crippen LogP contribution in [0.5, 0.6) is 0 Å². The molecule has 0 atom stereocenters. The molecule has 1 heterocycles. The highest BCUT2D eigenvalue weighted by molar-refractivity contribution is 5.99. The van der Waals surface area contributed by atoms with Gasteiger partial charge in [0.1, 0.15) is 6.29 Å². The lowest BCUT2D eigenvalue weighted by Crippen LogP contribution is -2.39. The number of benzene rings is 2. The number of carbonyl (C=O) groups is 2. The van der Waals surface area contributed by atoms with E-state index >= 15 is 0 Å². The molecule has 3 rings (SSSR count). The van der Waals surface area contributed by atoms with E-state index < -0.39 is 0 Å². The van der Waals surface area contributed by atoms with E-state index in [0.717, 1.165) is 34.4 Å². The molecule has 2 aromatic carbocycles. The molecule has 0 saturated carbocycles. The summed E-state index contributed by atoms with van der Waals surface area (Å²) >= 11 is 0. The maximum Gasteiger partial charge on any atom is 0.227 e. The molecule has 2 aromatic rings. The van der Waals surface area contributed by atoms with Crippen LogP contribution in [-0.2, 0) is 10.2 Å². The lowest BCUT2D eigenvalue weighted by molar-refractivity contribution is -0.119. The Morgan fingerprint density at radius 1 is 1.12 bits per heavy atom. The second-order valence-electron chi connectivity index (χ2n) is 7.99. The van der Waals surface area contributed by atoms with Crippen LogP contribution in [0.2, 0.25) is 0 Å². The Bertz CT molecular complexity index is 897. The standard InChI is InChI=1S/C22H26N2O2/c1-14-9-18-20(24(6)21(26)12-22(18,2)3)11-16(14)17-10-15(13-25)7-8-19(17)23(4)5/h7-11,13H,12H2,1-6H3. The van der Waals surface area contributed by atoms with Crippen molar-refractivity contribution in [2.45, 2.75) is 32.6 Å².